The molecule has 1 amide bonds. The number of rotatable bonds is 4. The Bertz CT molecular complexity index is 750. The number of halogens is 2. The van der Waals surface area contributed by atoms with Gasteiger partial charge in [0, 0.05) is 18.1 Å². The van der Waals surface area contributed by atoms with E-state index >= 15 is 0 Å². The van der Waals surface area contributed by atoms with Crippen molar-refractivity contribution < 1.29 is 14.3 Å². The van der Waals surface area contributed by atoms with E-state index in [9.17, 15) is 9.59 Å². The SMILES string of the molecule is CC(C)OC(=O)c1nccnc1C(=O)Nc1ccc(Cl)c(Cl)c1. The van der Waals surface area contributed by atoms with Crippen molar-refractivity contribution in [3.05, 3.63) is 52.0 Å². The molecule has 0 saturated heterocycles. The lowest BCUT2D eigenvalue weighted by Gasteiger charge is -2.10. The zero-order valence-electron chi connectivity index (χ0n) is 12.3. The Morgan fingerprint density at radius 3 is 2.35 bits per heavy atom. The van der Waals surface area contributed by atoms with E-state index in [-0.39, 0.29) is 17.5 Å². The molecule has 0 unspecified atom stereocenters. The minimum absolute atomic E-state index is 0.135. The first-order chi connectivity index (χ1) is 10.9. The number of amides is 1. The van der Waals surface area contributed by atoms with Gasteiger partial charge in [0.05, 0.1) is 16.1 Å². The maximum atomic E-state index is 12.3. The fraction of sp³-hybridized carbons (Fsp3) is 0.200. The van der Waals surface area contributed by atoms with Crippen LogP contribution in [0.25, 0.3) is 0 Å². The molecule has 1 aromatic carbocycles. The lowest BCUT2D eigenvalue weighted by Crippen LogP contribution is -2.22. The number of nitrogens with zero attached hydrogens (tertiary/aromatic N) is 2. The number of esters is 1. The Hall–Kier alpha value is -2.18. The van der Waals surface area contributed by atoms with Gasteiger partial charge in [-0.25, -0.2) is 14.8 Å². The molecule has 0 saturated carbocycles. The molecule has 0 bridgehead atoms. The van der Waals surface area contributed by atoms with Gasteiger partial charge in [-0.05, 0) is 32.0 Å². The lowest BCUT2D eigenvalue weighted by atomic mass is 10.2. The lowest BCUT2D eigenvalue weighted by molar-refractivity contribution is 0.0367. The second-order valence-corrected chi connectivity index (χ2v) is 5.61. The van der Waals surface area contributed by atoms with Crippen molar-refractivity contribution in [3.8, 4) is 0 Å². The average molecular weight is 354 g/mol. The summed E-state index contributed by atoms with van der Waals surface area (Å²) >= 11 is 11.7. The normalized spacial score (nSPS) is 10.5. The number of benzene rings is 1. The zero-order chi connectivity index (χ0) is 17.0. The van der Waals surface area contributed by atoms with E-state index in [4.69, 9.17) is 27.9 Å². The molecule has 0 fully saturated rings. The van der Waals surface area contributed by atoms with Gasteiger partial charge in [0.2, 0.25) is 0 Å². The Morgan fingerprint density at radius 1 is 1.09 bits per heavy atom. The van der Waals surface area contributed by atoms with Crippen LogP contribution in [0, 0.1) is 0 Å². The van der Waals surface area contributed by atoms with Crippen molar-refractivity contribution in [1.82, 2.24) is 9.97 Å². The highest BCUT2D eigenvalue weighted by Crippen LogP contribution is 2.25. The quantitative estimate of drug-likeness (QED) is 0.849. The van der Waals surface area contributed by atoms with E-state index in [0.717, 1.165) is 0 Å². The van der Waals surface area contributed by atoms with Gasteiger partial charge in [-0.2, -0.15) is 0 Å². The van der Waals surface area contributed by atoms with Gasteiger partial charge in [-0.15, -0.1) is 0 Å². The molecule has 120 valence electrons. The van der Waals surface area contributed by atoms with Crippen LogP contribution in [0.5, 0.6) is 0 Å². The van der Waals surface area contributed by atoms with Crippen LogP contribution in [0.3, 0.4) is 0 Å². The van der Waals surface area contributed by atoms with Gasteiger partial charge in [0.25, 0.3) is 5.91 Å². The second-order valence-electron chi connectivity index (χ2n) is 4.79. The fourth-order valence-electron chi connectivity index (χ4n) is 1.69. The number of aromatic nitrogens is 2. The van der Waals surface area contributed by atoms with Crippen molar-refractivity contribution >= 4 is 40.8 Å². The molecule has 0 aliphatic heterocycles. The van der Waals surface area contributed by atoms with E-state index < -0.39 is 11.9 Å². The predicted molar refractivity (Wildman–Crippen MR) is 87.0 cm³/mol. The molecular weight excluding hydrogens is 341 g/mol. The number of carbonyl (C=O) groups is 2. The van der Waals surface area contributed by atoms with Crippen LogP contribution in [0.2, 0.25) is 10.0 Å². The number of hydrogen-bond acceptors (Lipinski definition) is 5. The third-order valence-corrected chi connectivity index (χ3v) is 3.37. The van der Waals surface area contributed by atoms with Crippen LogP contribution >= 0.6 is 23.2 Å². The molecule has 1 heterocycles. The van der Waals surface area contributed by atoms with E-state index in [1.165, 1.54) is 18.5 Å². The summed E-state index contributed by atoms with van der Waals surface area (Å²) in [7, 11) is 0. The number of hydrogen-bond donors (Lipinski definition) is 1. The van der Waals surface area contributed by atoms with Crippen molar-refractivity contribution in [2.75, 3.05) is 5.32 Å². The van der Waals surface area contributed by atoms with E-state index in [0.29, 0.717) is 15.7 Å². The van der Waals surface area contributed by atoms with Crippen LogP contribution in [-0.4, -0.2) is 27.9 Å². The number of anilines is 1. The van der Waals surface area contributed by atoms with Gasteiger partial charge in [-0.1, -0.05) is 23.2 Å². The van der Waals surface area contributed by atoms with Crippen LogP contribution in [-0.2, 0) is 4.74 Å². The summed E-state index contributed by atoms with van der Waals surface area (Å²) in [4.78, 5) is 32.1. The van der Waals surface area contributed by atoms with Gasteiger partial charge >= 0.3 is 5.97 Å². The second kappa shape index (κ2) is 7.39. The summed E-state index contributed by atoms with van der Waals surface area (Å²) in [5.74, 6) is -1.32. The first kappa shape index (κ1) is 17.2. The minimum atomic E-state index is -0.715. The number of carbonyl (C=O) groups excluding carboxylic acids is 2. The Morgan fingerprint density at radius 2 is 1.74 bits per heavy atom. The molecule has 0 aliphatic rings. The highest BCUT2D eigenvalue weighted by Gasteiger charge is 2.22. The fourth-order valence-corrected chi connectivity index (χ4v) is 1.99. The van der Waals surface area contributed by atoms with E-state index in [1.54, 1.807) is 26.0 Å². The van der Waals surface area contributed by atoms with Crippen molar-refractivity contribution in [3.63, 3.8) is 0 Å². The average Bonchev–Trinajstić information content (AvgIpc) is 2.50. The highest BCUT2D eigenvalue weighted by molar-refractivity contribution is 6.42. The van der Waals surface area contributed by atoms with Crippen LogP contribution < -0.4 is 5.32 Å². The van der Waals surface area contributed by atoms with E-state index in [1.807, 2.05) is 0 Å². The molecule has 1 N–H and O–H groups in total. The topological polar surface area (TPSA) is 81.2 Å². The molecule has 23 heavy (non-hydrogen) atoms. The molecule has 8 heteroatoms. The van der Waals surface area contributed by atoms with Crippen molar-refractivity contribution in [2.24, 2.45) is 0 Å². The number of ether oxygens (including phenoxy) is 1. The van der Waals surface area contributed by atoms with Crippen LogP contribution in [0.4, 0.5) is 5.69 Å². The molecule has 2 aromatic rings. The maximum Gasteiger partial charge on any atom is 0.359 e. The summed E-state index contributed by atoms with van der Waals surface area (Å²) in [6, 6.07) is 4.61. The molecular formula is C15H13Cl2N3O3. The molecule has 0 radical (unpaired) electrons. The van der Waals surface area contributed by atoms with Gasteiger partial charge in [0.1, 0.15) is 0 Å². The Balaban J connectivity index is 2.25. The number of nitrogens with one attached hydrogen (secondary N) is 1. The van der Waals surface area contributed by atoms with Crippen molar-refractivity contribution in [1.29, 1.82) is 0 Å². The molecule has 0 aliphatic carbocycles. The summed E-state index contributed by atoms with van der Waals surface area (Å²) in [5.41, 5.74) is 0.126. The van der Waals surface area contributed by atoms with Crippen molar-refractivity contribution in [2.45, 2.75) is 20.0 Å². The van der Waals surface area contributed by atoms with E-state index in [2.05, 4.69) is 15.3 Å². The third-order valence-electron chi connectivity index (χ3n) is 2.63. The summed E-state index contributed by atoms with van der Waals surface area (Å²) in [5, 5.41) is 3.24. The standard InChI is InChI=1S/C15H13Cl2N3O3/c1-8(2)23-15(22)13-12(18-5-6-19-13)14(21)20-9-3-4-10(16)11(17)7-9/h3-8H,1-2H3,(H,20,21). The van der Waals surface area contributed by atoms with Crippen LogP contribution in [0.15, 0.2) is 30.6 Å². The van der Waals surface area contributed by atoms with Crippen LogP contribution in [0.1, 0.15) is 34.8 Å². The first-order valence-electron chi connectivity index (χ1n) is 6.67. The third kappa shape index (κ3) is 4.40. The monoisotopic (exact) mass is 353 g/mol. The summed E-state index contributed by atoms with van der Waals surface area (Å²) in [6.07, 6.45) is 2.29. The Labute approximate surface area is 142 Å². The highest BCUT2D eigenvalue weighted by atomic mass is 35.5. The molecule has 0 atom stereocenters. The van der Waals surface area contributed by atoms with Gasteiger partial charge in [0.15, 0.2) is 11.4 Å². The zero-order valence-corrected chi connectivity index (χ0v) is 13.9. The van der Waals surface area contributed by atoms with Gasteiger partial charge in [-0.3, -0.25) is 4.79 Å². The van der Waals surface area contributed by atoms with Gasteiger partial charge < -0.3 is 10.1 Å². The summed E-state index contributed by atoms with van der Waals surface area (Å²) in [6.45, 7) is 3.40. The summed E-state index contributed by atoms with van der Waals surface area (Å²) < 4.78 is 5.05. The molecule has 0 spiro atoms. The molecule has 1 aromatic heterocycles. The smallest absolute Gasteiger partial charge is 0.359 e. The predicted octanol–water partition coefficient (Wildman–Crippen LogP) is 3.60. The largest absolute Gasteiger partial charge is 0.458 e. The molecule has 6 nitrogen and oxygen atoms in total. The molecule has 2 rings (SSSR count). The maximum absolute atomic E-state index is 12.3. The Kier molecular flexibility index (Phi) is 5.52. The minimum Gasteiger partial charge on any atom is -0.458 e. The first-order valence-corrected chi connectivity index (χ1v) is 7.42.